The summed E-state index contributed by atoms with van der Waals surface area (Å²) < 4.78 is 0. The number of likely N-dealkylation sites (N-methyl/N-ethyl adjacent to an activating group) is 1. The maximum Gasteiger partial charge on any atom is 0.0743 e. The fraction of sp³-hybridized carbons (Fsp3) is 1.00. The van der Waals surface area contributed by atoms with Crippen LogP contribution in [0.3, 0.4) is 0 Å². The lowest BCUT2D eigenvalue weighted by Gasteiger charge is -2.29. The van der Waals surface area contributed by atoms with Gasteiger partial charge in [-0.3, -0.25) is 0 Å². The van der Waals surface area contributed by atoms with Crippen molar-refractivity contribution in [1.29, 1.82) is 0 Å². The molecular formula is C12H25NO. The molecule has 0 aliphatic heterocycles. The minimum absolute atomic E-state index is 0.507. The summed E-state index contributed by atoms with van der Waals surface area (Å²) in [4.78, 5) is 2.29. The molecule has 0 bridgehead atoms. The Morgan fingerprint density at radius 1 is 1.36 bits per heavy atom. The van der Waals surface area contributed by atoms with Crippen LogP contribution in [-0.4, -0.2) is 35.7 Å². The van der Waals surface area contributed by atoms with Gasteiger partial charge in [0.25, 0.3) is 0 Å². The molecule has 1 saturated carbocycles. The first-order valence-corrected chi connectivity index (χ1v) is 5.94. The first-order chi connectivity index (χ1) is 6.53. The van der Waals surface area contributed by atoms with Crippen LogP contribution in [0, 0.1) is 5.92 Å². The second-order valence-corrected chi connectivity index (χ2v) is 5.20. The van der Waals surface area contributed by atoms with Gasteiger partial charge in [-0.1, -0.05) is 19.8 Å². The molecule has 0 aromatic heterocycles. The monoisotopic (exact) mass is 199 g/mol. The van der Waals surface area contributed by atoms with E-state index in [0.717, 1.165) is 25.4 Å². The molecule has 1 rings (SSSR count). The normalized spacial score (nSPS) is 22.9. The molecule has 0 saturated heterocycles. The van der Waals surface area contributed by atoms with E-state index in [1.165, 1.54) is 25.7 Å². The molecule has 0 heterocycles. The lowest BCUT2D eigenvalue weighted by atomic mass is 10.0. The van der Waals surface area contributed by atoms with E-state index < -0.39 is 5.60 Å². The number of rotatable bonds is 5. The SMILES string of the molecule is CCC(C)(O)CN(C)CC1CCCC1. The van der Waals surface area contributed by atoms with Gasteiger partial charge in [-0.2, -0.15) is 0 Å². The van der Waals surface area contributed by atoms with E-state index in [0.29, 0.717) is 0 Å². The van der Waals surface area contributed by atoms with Crippen LogP contribution in [0.25, 0.3) is 0 Å². The van der Waals surface area contributed by atoms with E-state index >= 15 is 0 Å². The molecular weight excluding hydrogens is 174 g/mol. The second kappa shape index (κ2) is 5.13. The molecule has 2 heteroatoms. The van der Waals surface area contributed by atoms with Crippen molar-refractivity contribution < 1.29 is 5.11 Å². The molecule has 1 fully saturated rings. The Bertz CT molecular complexity index is 162. The minimum Gasteiger partial charge on any atom is -0.389 e. The fourth-order valence-electron chi connectivity index (χ4n) is 2.39. The average Bonchev–Trinajstić information content (AvgIpc) is 2.55. The zero-order chi connectivity index (χ0) is 10.6. The Balaban J connectivity index is 2.23. The number of hydrogen-bond acceptors (Lipinski definition) is 2. The lowest BCUT2D eigenvalue weighted by molar-refractivity contribution is 0.0202. The summed E-state index contributed by atoms with van der Waals surface area (Å²) in [6.45, 7) is 5.94. The average molecular weight is 199 g/mol. The molecule has 84 valence electrons. The van der Waals surface area contributed by atoms with Gasteiger partial charge < -0.3 is 10.0 Å². The lowest BCUT2D eigenvalue weighted by Crippen LogP contribution is -2.40. The molecule has 0 aromatic rings. The smallest absolute Gasteiger partial charge is 0.0743 e. The van der Waals surface area contributed by atoms with Crippen LogP contribution in [-0.2, 0) is 0 Å². The highest BCUT2D eigenvalue weighted by Gasteiger charge is 2.22. The van der Waals surface area contributed by atoms with Crippen LogP contribution in [0.15, 0.2) is 0 Å². The van der Waals surface area contributed by atoms with E-state index in [-0.39, 0.29) is 0 Å². The fourth-order valence-corrected chi connectivity index (χ4v) is 2.39. The van der Waals surface area contributed by atoms with Gasteiger partial charge in [-0.15, -0.1) is 0 Å². The quantitative estimate of drug-likeness (QED) is 0.734. The maximum atomic E-state index is 9.93. The highest BCUT2D eigenvalue weighted by Crippen LogP contribution is 2.25. The van der Waals surface area contributed by atoms with Crippen LogP contribution in [0.1, 0.15) is 46.0 Å². The molecule has 1 unspecified atom stereocenters. The van der Waals surface area contributed by atoms with E-state index in [1.54, 1.807) is 0 Å². The van der Waals surface area contributed by atoms with Crippen molar-refractivity contribution in [2.75, 3.05) is 20.1 Å². The van der Waals surface area contributed by atoms with Crippen LogP contribution in [0.4, 0.5) is 0 Å². The summed E-state index contributed by atoms with van der Waals surface area (Å²) >= 11 is 0. The van der Waals surface area contributed by atoms with Crippen molar-refractivity contribution in [3.63, 3.8) is 0 Å². The van der Waals surface area contributed by atoms with Gasteiger partial charge in [0.05, 0.1) is 5.60 Å². The van der Waals surface area contributed by atoms with E-state index in [9.17, 15) is 5.11 Å². The molecule has 1 atom stereocenters. The topological polar surface area (TPSA) is 23.5 Å². The molecule has 0 amide bonds. The molecule has 14 heavy (non-hydrogen) atoms. The Morgan fingerprint density at radius 3 is 2.43 bits per heavy atom. The summed E-state index contributed by atoms with van der Waals surface area (Å²) in [7, 11) is 2.13. The van der Waals surface area contributed by atoms with Gasteiger partial charge in [-0.05, 0) is 39.2 Å². The zero-order valence-corrected chi connectivity index (χ0v) is 9.92. The van der Waals surface area contributed by atoms with Crippen LogP contribution in [0.5, 0.6) is 0 Å². The standard InChI is InChI=1S/C12H25NO/c1-4-12(2,14)10-13(3)9-11-7-5-6-8-11/h11,14H,4-10H2,1-3H3. The predicted molar refractivity (Wildman–Crippen MR) is 60.4 cm³/mol. The number of nitrogens with zero attached hydrogens (tertiary/aromatic N) is 1. The summed E-state index contributed by atoms with van der Waals surface area (Å²) in [6, 6.07) is 0. The third-order valence-corrected chi connectivity index (χ3v) is 3.42. The summed E-state index contributed by atoms with van der Waals surface area (Å²) in [6.07, 6.45) is 6.42. The Hall–Kier alpha value is -0.0800. The van der Waals surface area contributed by atoms with Gasteiger partial charge in [-0.25, -0.2) is 0 Å². The van der Waals surface area contributed by atoms with Gasteiger partial charge in [0.15, 0.2) is 0 Å². The molecule has 1 N–H and O–H groups in total. The number of aliphatic hydroxyl groups is 1. The third-order valence-electron chi connectivity index (χ3n) is 3.42. The summed E-state index contributed by atoms with van der Waals surface area (Å²) in [5.74, 6) is 0.882. The largest absolute Gasteiger partial charge is 0.389 e. The van der Waals surface area contributed by atoms with Crippen molar-refractivity contribution in [1.82, 2.24) is 4.90 Å². The van der Waals surface area contributed by atoms with E-state index in [4.69, 9.17) is 0 Å². The van der Waals surface area contributed by atoms with Crippen LogP contribution < -0.4 is 0 Å². The molecule has 2 nitrogen and oxygen atoms in total. The van der Waals surface area contributed by atoms with Crippen molar-refractivity contribution in [2.24, 2.45) is 5.92 Å². The Kier molecular flexibility index (Phi) is 4.39. The van der Waals surface area contributed by atoms with Gasteiger partial charge in [0.2, 0.25) is 0 Å². The van der Waals surface area contributed by atoms with E-state index in [2.05, 4.69) is 11.9 Å². The second-order valence-electron chi connectivity index (χ2n) is 5.20. The molecule has 1 aliphatic rings. The van der Waals surface area contributed by atoms with Gasteiger partial charge in [0, 0.05) is 13.1 Å². The Labute approximate surface area is 88.3 Å². The predicted octanol–water partition coefficient (Wildman–Crippen LogP) is 2.27. The van der Waals surface area contributed by atoms with E-state index in [1.807, 2.05) is 13.8 Å². The van der Waals surface area contributed by atoms with Crippen molar-refractivity contribution in [2.45, 2.75) is 51.6 Å². The Morgan fingerprint density at radius 2 is 1.93 bits per heavy atom. The van der Waals surface area contributed by atoms with Gasteiger partial charge >= 0.3 is 0 Å². The summed E-state index contributed by atoms with van der Waals surface area (Å²) in [5.41, 5.74) is -0.507. The highest BCUT2D eigenvalue weighted by molar-refractivity contribution is 4.77. The van der Waals surface area contributed by atoms with Crippen LogP contribution >= 0.6 is 0 Å². The van der Waals surface area contributed by atoms with Crippen LogP contribution in [0.2, 0.25) is 0 Å². The maximum absolute atomic E-state index is 9.93. The van der Waals surface area contributed by atoms with Gasteiger partial charge in [0.1, 0.15) is 0 Å². The van der Waals surface area contributed by atoms with Crippen molar-refractivity contribution >= 4 is 0 Å². The van der Waals surface area contributed by atoms with Crippen molar-refractivity contribution in [3.05, 3.63) is 0 Å². The first kappa shape index (κ1) is 12.0. The number of hydrogen-bond donors (Lipinski definition) is 1. The zero-order valence-electron chi connectivity index (χ0n) is 9.92. The minimum atomic E-state index is -0.507. The molecule has 0 spiro atoms. The highest BCUT2D eigenvalue weighted by atomic mass is 16.3. The first-order valence-electron chi connectivity index (χ1n) is 5.94. The molecule has 0 radical (unpaired) electrons. The van der Waals surface area contributed by atoms with Crippen molar-refractivity contribution in [3.8, 4) is 0 Å². The molecule has 1 aliphatic carbocycles. The third kappa shape index (κ3) is 3.97. The molecule has 0 aromatic carbocycles. The summed E-state index contributed by atoms with van der Waals surface area (Å²) in [5, 5.41) is 9.93.